The van der Waals surface area contributed by atoms with Gasteiger partial charge in [-0.25, -0.2) is 0 Å². The Bertz CT molecular complexity index is 547. The van der Waals surface area contributed by atoms with Crippen LogP contribution >= 0.6 is 0 Å². The average molecular weight is 261 g/mol. The Kier molecular flexibility index (Phi) is 3.55. The maximum Gasteiger partial charge on any atom is 0.295 e. The molecule has 0 atom stereocenters. The van der Waals surface area contributed by atoms with E-state index < -0.39 is 0 Å². The third-order valence-electron chi connectivity index (χ3n) is 3.48. The monoisotopic (exact) mass is 261 g/mol. The predicted molar refractivity (Wildman–Crippen MR) is 75.1 cm³/mol. The van der Waals surface area contributed by atoms with E-state index in [0.29, 0.717) is 42.1 Å². The lowest BCUT2D eigenvalue weighted by Gasteiger charge is -2.10. The molecule has 1 aliphatic carbocycles. The minimum Gasteiger partial charge on any atom is -0.423 e. The Morgan fingerprint density at radius 3 is 3.00 bits per heavy atom. The van der Waals surface area contributed by atoms with Crippen LogP contribution in [0.25, 0.3) is 11.1 Å². The fraction of sp³-hybridized carbons (Fsp3) is 0.500. The number of nitrogen functional groups attached to an aromatic ring is 1. The van der Waals surface area contributed by atoms with Crippen molar-refractivity contribution < 1.29 is 9.15 Å². The molecule has 2 aromatic rings. The zero-order valence-corrected chi connectivity index (χ0v) is 10.9. The zero-order chi connectivity index (χ0) is 13.1. The maximum absolute atomic E-state index is 5.83. The smallest absolute Gasteiger partial charge is 0.295 e. The Hall–Kier alpha value is -1.75. The zero-order valence-electron chi connectivity index (χ0n) is 10.9. The van der Waals surface area contributed by atoms with Gasteiger partial charge < -0.3 is 20.2 Å². The molecule has 1 aromatic carbocycles. The molecule has 3 N–H and O–H groups in total. The number of oxazole rings is 1. The van der Waals surface area contributed by atoms with Crippen molar-refractivity contribution >= 4 is 22.8 Å². The van der Waals surface area contributed by atoms with Crippen LogP contribution in [-0.4, -0.2) is 24.2 Å². The van der Waals surface area contributed by atoms with Gasteiger partial charge in [-0.1, -0.05) is 18.9 Å². The topological polar surface area (TPSA) is 73.3 Å². The highest BCUT2D eigenvalue weighted by molar-refractivity contribution is 5.86. The maximum atomic E-state index is 5.83. The third kappa shape index (κ3) is 2.81. The second-order valence-electron chi connectivity index (χ2n) is 4.92. The van der Waals surface area contributed by atoms with Crippen molar-refractivity contribution in [2.24, 2.45) is 0 Å². The van der Waals surface area contributed by atoms with Crippen LogP contribution in [0.5, 0.6) is 0 Å². The summed E-state index contributed by atoms with van der Waals surface area (Å²) in [4.78, 5) is 4.32. The molecule has 0 amide bonds. The number of ether oxygens (including phenoxy) is 1. The number of fused-ring (bicyclic) bond motifs is 1. The molecule has 102 valence electrons. The summed E-state index contributed by atoms with van der Waals surface area (Å²) in [6.07, 6.45) is 5.42. The second kappa shape index (κ2) is 5.48. The molecule has 0 unspecified atom stereocenters. The Balaban J connectivity index is 1.52. The van der Waals surface area contributed by atoms with Gasteiger partial charge in [0, 0.05) is 6.54 Å². The molecule has 1 aliphatic rings. The van der Waals surface area contributed by atoms with Crippen molar-refractivity contribution in [2.75, 3.05) is 24.2 Å². The van der Waals surface area contributed by atoms with E-state index in [1.54, 1.807) is 0 Å². The summed E-state index contributed by atoms with van der Waals surface area (Å²) in [6, 6.07) is 6.04. The number of hydrogen-bond acceptors (Lipinski definition) is 5. The normalized spacial score (nSPS) is 16.2. The quantitative estimate of drug-likeness (QED) is 0.639. The third-order valence-corrected chi connectivity index (χ3v) is 3.48. The molecule has 1 saturated carbocycles. The van der Waals surface area contributed by atoms with Crippen LogP contribution < -0.4 is 11.1 Å². The van der Waals surface area contributed by atoms with Gasteiger partial charge in [0.15, 0.2) is 5.58 Å². The van der Waals surface area contributed by atoms with E-state index >= 15 is 0 Å². The molecule has 0 bridgehead atoms. The fourth-order valence-corrected chi connectivity index (χ4v) is 2.48. The molecule has 1 heterocycles. The van der Waals surface area contributed by atoms with Gasteiger partial charge in [-0.2, -0.15) is 4.98 Å². The standard InChI is InChI=1S/C14H19N3O2/c15-11-6-3-7-12-13(11)17-14(19-12)16-8-9-18-10-4-1-2-5-10/h3,6-7,10H,1-2,4-5,8-9,15H2,(H,16,17). The van der Waals surface area contributed by atoms with Gasteiger partial charge in [-0.3, -0.25) is 0 Å². The molecule has 0 radical (unpaired) electrons. The van der Waals surface area contributed by atoms with Crippen LogP contribution in [0.4, 0.5) is 11.7 Å². The van der Waals surface area contributed by atoms with E-state index in [2.05, 4.69) is 10.3 Å². The van der Waals surface area contributed by atoms with E-state index in [4.69, 9.17) is 14.9 Å². The van der Waals surface area contributed by atoms with Crippen molar-refractivity contribution in [3.05, 3.63) is 18.2 Å². The number of anilines is 2. The lowest BCUT2D eigenvalue weighted by atomic mass is 10.3. The summed E-state index contributed by atoms with van der Waals surface area (Å²) in [6.45, 7) is 1.38. The predicted octanol–water partition coefficient (Wildman–Crippen LogP) is 2.78. The van der Waals surface area contributed by atoms with Crippen LogP contribution in [0.3, 0.4) is 0 Å². The summed E-state index contributed by atoms with van der Waals surface area (Å²) in [5, 5.41) is 3.13. The summed E-state index contributed by atoms with van der Waals surface area (Å²) in [7, 11) is 0. The first-order valence-corrected chi connectivity index (χ1v) is 6.83. The van der Waals surface area contributed by atoms with Crippen LogP contribution in [0.1, 0.15) is 25.7 Å². The van der Waals surface area contributed by atoms with E-state index in [1.165, 1.54) is 25.7 Å². The molecule has 19 heavy (non-hydrogen) atoms. The van der Waals surface area contributed by atoms with E-state index in [1.807, 2.05) is 18.2 Å². The van der Waals surface area contributed by atoms with Gasteiger partial charge in [0.2, 0.25) is 0 Å². The number of para-hydroxylation sites is 1. The van der Waals surface area contributed by atoms with Crippen molar-refractivity contribution in [3.63, 3.8) is 0 Å². The van der Waals surface area contributed by atoms with Gasteiger partial charge in [-0.05, 0) is 25.0 Å². The van der Waals surface area contributed by atoms with E-state index in [9.17, 15) is 0 Å². The first-order valence-electron chi connectivity index (χ1n) is 6.83. The number of aromatic nitrogens is 1. The molecule has 5 nitrogen and oxygen atoms in total. The van der Waals surface area contributed by atoms with Gasteiger partial charge in [0.05, 0.1) is 18.4 Å². The first kappa shape index (κ1) is 12.3. The summed E-state index contributed by atoms with van der Waals surface area (Å²) < 4.78 is 11.3. The van der Waals surface area contributed by atoms with Crippen LogP contribution in [-0.2, 0) is 4.74 Å². The van der Waals surface area contributed by atoms with Crippen LogP contribution in [0.15, 0.2) is 22.6 Å². The number of nitrogens with two attached hydrogens (primary N) is 1. The second-order valence-corrected chi connectivity index (χ2v) is 4.92. The molecule has 1 fully saturated rings. The molecular formula is C14H19N3O2. The fourth-order valence-electron chi connectivity index (χ4n) is 2.48. The summed E-state index contributed by atoms with van der Waals surface area (Å²) in [5.74, 6) is 0. The minimum atomic E-state index is 0.445. The summed E-state index contributed by atoms with van der Waals surface area (Å²) in [5.41, 5.74) is 7.89. The highest BCUT2D eigenvalue weighted by atomic mass is 16.5. The van der Waals surface area contributed by atoms with E-state index in [-0.39, 0.29) is 0 Å². The van der Waals surface area contributed by atoms with E-state index in [0.717, 1.165) is 0 Å². The molecule has 1 aromatic heterocycles. The van der Waals surface area contributed by atoms with Gasteiger partial charge >= 0.3 is 0 Å². The molecule has 0 aliphatic heterocycles. The van der Waals surface area contributed by atoms with Gasteiger partial charge in [0.1, 0.15) is 5.52 Å². The van der Waals surface area contributed by atoms with Crippen molar-refractivity contribution in [1.29, 1.82) is 0 Å². The number of rotatable bonds is 5. The molecule has 0 saturated heterocycles. The Labute approximate surface area is 112 Å². The minimum absolute atomic E-state index is 0.445. The molecule has 0 spiro atoms. The van der Waals surface area contributed by atoms with Gasteiger partial charge in [-0.15, -0.1) is 0 Å². The molecular weight excluding hydrogens is 242 g/mol. The number of hydrogen-bond donors (Lipinski definition) is 2. The van der Waals surface area contributed by atoms with Crippen molar-refractivity contribution in [2.45, 2.75) is 31.8 Å². The van der Waals surface area contributed by atoms with Crippen LogP contribution in [0.2, 0.25) is 0 Å². The molecule has 5 heteroatoms. The van der Waals surface area contributed by atoms with Crippen molar-refractivity contribution in [3.8, 4) is 0 Å². The number of nitrogens with one attached hydrogen (secondary N) is 1. The SMILES string of the molecule is Nc1cccc2oc(NCCOC3CCCC3)nc12. The summed E-state index contributed by atoms with van der Waals surface area (Å²) >= 11 is 0. The van der Waals surface area contributed by atoms with Crippen LogP contribution in [0, 0.1) is 0 Å². The Morgan fingerprint density at radius 2 is 2.21 bits per heavy atom. The average Bonchev–Trinajstić information content (AvgIpc) is 3.04. The lowest BCUT2D eigenvalue weighted by Crippen LogP contribution is -2.15. The highest BCUT2D eigenvalue weighted by Gasteiger charge is 2.14. The molecule has 3 rings (SSSR count). The first-order chi connectivity index (χ1) is 9.33. The Morgan fingerprint density at radius 1 is 1.37 bits per heavy atom. The lowest BCUT2D eigenvalue weighted by molar-refractivity contribution is 0.0657. The van der Waals surface area contributed by atoms with Crippen molar-refractivity contribution in [1.82, 2.24) is 4.98 Å². The highest BCUT2D eigenvalue weighted by Crippen LogP contribution is 2.23. The largest absolute Gasteiger partial charge is 0.423 e. The number of nitrogens with zero attached hydrogens (tertiary/aromatic N) is 1. The number of benzene rings is 1. The van der Waals surface area contributed by atoms with Gasteiger partial charge in [0.25, 0.3) is 6.01 Å².